The number of rotatable bonds is 3. The van der Waals surface area contributed by atoms with Crippen LogP contribution in [0.1, 0.15) is 11.1 Å². The summed E-state index contributed by atoms with van der Waals surface area (Å²) in [6, 6.07) is 2.35. The molecule has 0 fully saturated rings. The third-order valence-corrected chi connectivity index (χ3v) is 7.75. The van der Waals surface area contributed by atoms with E-state index < -0.39 is 16.1 Å². The van der Waals surface area contributed by atoms with E-state index in [4.69, 9.17) is 5.73 Å². The first kappa shape index (κ1) is 15.3. The molecular formula is C15H27NSi2. The average Bonchev–Trinajstić information content (AvgIpc) is 2.18. The van der Waals surface area contributed by atoms with Gasteiger partial charge in [0.2, 0.25) is 0 Å². The van der Waals surface area contributed by atoms with E-state index in [2.05, 4.69) is 58.9 Å². The lowest BCUT2D eigenvalue weighted by Crippen LogP contribution is -2.57. The maximum atomic E-state index is 6.45. The van der Waals surface area contributed by atoms with E-state index in [0.29, 0.717) is 0 Å². The largest absolute Gasteiger partial charge is 0.399 e. The van der Waals surface area contributed by atoms with Crippen LogP contribution in [0.15, 0.2) is 12.6 Å². The summed E-state index contributed by atoms with van der Waals surface area (Å²) in [5, 5.41) is 3.00. The fraction of sp³-hybridized carbons (Fsp3) is 0.467. The summed E-state index contributed by atoms with van der Waals surface area (Å²) in [7, 11) is -2.81. The Labute approximate surface area is 114 Å². The van der Waals surface area contributed by atoms with Gasteiger partial charge in [-0.2, -0.15) is 0 Å². The SMILES string of the molecule is C=Cc1cc([Si](C)(C)C)c([Si](C)(C)C)c(N)c1C. The quantitative estimate of drug-likeness (QED) is 0.666. The molecule has 0 unspecified atom stereocenters. The number of anilines is 1. The van der Waals surface area contributed by atoms with Crippen LogP contribution in [0, 0.1) is 6.92 Å². The molecule has 0 saturated carbocycles. The minimum Gasteiger partial charge on any atom is -0.399 e. The van der Waals surface area contributed by atoms with Crippen molar-refractivity contribution in [1.29, 1.82) is 0 Å². The van der Waals surface area contributed by atoms with Crippen molar-refractivity contribution in [2.24, 2.45) is 0 Å². The molecule has 0 aromatic heterocycles. The van der Waals surface area contributed by atoms with Gasteiger partial charge in [-0.3, -0.25) is 0 Å². The molecule has 0 aliphatic carbocycles. The minimum absolute atomic E-state index is 1.02. The van der Waals surface area contributed by atoms with Gasteiger partial charge in [0.25, 0.3) is 0 Å². The van der Waals surface area contributed by atoms with Gasteiger partial charge in [0.1, 0.15) is 0 Å². The molecule has 18 heavy (non-hydrogen) atoms. The third-order valence-electron chi connectivity index (χ3n) is 3.45. The maximum Gasteiger partial charge on any atom is 0.0801 e. The predicted molar refractivity (Wildman–Crippen MR) is 91.6 cm³/mol. The topological polar surface area (TPSA) is 26.0 Å². The molecule has 0 spiro atoms. The van der Waals surface area contributed by atoms with Crippen LogP contribution in [0.2, 0.25) is 39.3 Å². The number of nitrogens with two attached hydrogens (primary N) is 1. The van der Waals surface area contributed by atoms with Crippen LogP contribution >= 0.6 is 0 Å². The molecule has 0 bridgehead atoms. The average molecular weight is 278 g/mol. The molecule has 0 aliphatic heterocycles. The van der Waals surface area contributed by atoms with Crippen LogP contribution in [0.3, 0.4) is 0 Å². The zero-order chi connectivity index (χ0) is 14.3. The second kappa shape index (κ2) is 4.70. The van der Waals surface area contributed by atoms with E-state index in [1.165, 1.54) is 21.5 Å². The highest BCUT2D eigenvalue weighted by molar-refractivity contribution is 6.99. The molecule has 0 amide bonds. The van der Waals surface area contributed by atoms with Crippen molar-refractivity contribution in [1.82, 2.24) is 0 Å². The Morgan fingerprint density at radius 3 is 1.89 bits per heavy atom. The van der Waals surface area contributed by atoms with Crippen LogP contribution in [0.4, 0.5) is 5.69 Å². The molecule has 0 radical (unpaired) electrons. The van der Waals surface area contributed by atoms with Gasteiger partial charge in [-0.1, -0.05) is 63.2 Å². The first-order valence-electron chi connectivity index (χ1n) is 6.56. The van der Waals surface area contributed by atoms with Crippen LogP contribution in [-0.2, 0) is 0 Å². The van der Waals surface area contributed by atoms with E-state index in [0.717, 1.165) is 5.69 Å². The van der Waals surface area contributed by atoms with Crippen molar-refractivity contribution in [3.05, 3.63) is 23.8 Å². The van der Waals surface area contributed by atoms with Gasteiger partial charge in [-0.05, 0) is 23.2 Å². The van der Waals surface area contributed by atoms with Crippen molar-refractivity contribution in [3.8, 4) is 0 Å². The maximum absolute atomic E-state index is 6.45. The Hall–Kier alpha value is -0.806. The van der Waals surface area contributed by atoms with E-state index in [9.17, 15) is 0 Å². The summed E-state index contributed by atoms with van der Waals surface area (Å²) in [5.74, 6) is 0. The van der Waals surface area contributed by atoms with Gasteiger partial charge >= 0.3 is 0 Å². The molecule has 0 heterocycles. The zero-order valence-corrected chi connectivity index (χ0v) is 14.9. The number of hydrogen-bond acceptors (Lipinski definition) is 1. The zero-order valence-electron chi connectivity index (χ0n) is 12.9. The fourth-order valence-corrected chi connectivity index (χ4v) is 8.03. The van der Waals surface area contributed by atoms with Crippen molar-refractivity contribution < 1.29 is 0 Å². The van der Waals surface area contributed by atoms with Gasteiger partial charge in [0, 0.05) is 5.69 Å². The van der Waals surface area contributed by atoms with Gasteiger partial charge in [0.15, 0.2) is 0 Å². The van der Waals surface area contributed by atoms with E-state index in [-0.39, 0.29) is 0 Å². The molecule has 0 aliphatic rings. The Balaban J connectivity index is 3.78. The Kier molecular flexibility index (Phi) is 3.98. The highest BCUT2D eigenvalue weighted by Gasteiger charge is 2.30. The summed E-state index contributed by atoms with van der Waals surface area (Å²) in [6.07, 6.45) is 1.93. The first-order valence-corrected chi connectivity index (χ1v) is 13.6. The van der Waals surface area contributed by atoms with Gasteiger partial charge < -0.3 is 5.73 Å². The number of benzene rings is 1. The minimum atomic E-state index is -1.42. The van der Waals surface area contributed by atoms with Gasteiger partial charge in [0.05, 0.1) is 16.1 Å². The summed E-state index contributed by atoms with van der Waals surface area (Å²) in [6.45, 7) is 20.4. The van der Waals surface area contributed by atoms with Crippen molar-refractivity contribution >= 4 is 38.3 Å². The molecule has 1 aromatic carbocycles. The molecule has 1 nitrogen and oxygen atoms in total. The number of nitrogen functional groups attached to an aromatic ring is 1. The number of hydrogen-bond donors (Lipinski definition) is 1. The molecular weight excluding hydrogens is 250 g/mol. The van der Waals surface area contributed by atoms with E-state index in [1.807, 2.05) is 6.08 Å². The lowest BCUT2D eigenvalue weighted by molar-refractivity contribution is 1.46. The van der Waals surface area contributed by atoms with Gasteiger partial charge in [-0.15, -0.1) is 0 Å². The van der Waals surface area contributed by atoms with Gasteiger partial charge in [-0.25, -0.2) is 0 Å². The van der Waals surface area contributed by atoms with E-state index >= 15 is 0 Å². The third kappa shape index (κ3) is 2.78. The Morgan fingerprint density at radius 1 is 1.06 bits per heavy atom. The lowest BCUT2D eigenvalue weighted by atomic mass is 10.1. The molecule has 2 N–H and O–H groups in total. The smallest absolute Gasteiger partial charge is 0.0801 e. The second-order valence-corrected chi connectivity index (χ2v) is 17.2. The van der Waals surface area contributed by atoms with Crippen LogP contribution < -0.4 is 16.1 Å². The Morgan fingerprint density at radius 2 is 1.56 bits per heavy atom. The van der Waals surface area contributed by atoms with Crippen LogP contribution in [0.5, 0.6) is 0 Å². The standard InChI is InChI=1S/C15H27NSi2/c1-9-12-10-13(17(3,4)5)15(18(6,7)8)14(16)11(12)2/h9-10H,1,16H2,2-8H3. The predicted octanol–water partition coefficient (Wildman–Crippen LogP) is 3.31. The van der Waals surface area contributed by atoms with Crippen molar-refractivity contribution in [3.63, 3.8) is 0 Å². The molecule has 1 rings (SSSR count). The summed E-state index contributed by atoms with van der Waals surface area (Å²) in [4.78, 5) is 0. The van der Waals surface area contributed by atoms with Crippen LogP contribution in [0.25, 0.3) is 6.08 Å². The van der Waals surface area contributed by atoms with Crippen LogP contribution in [-0.4, -0.2) is 16.1 Å². The molecule has 1 aromatic rings. The first-order chi connectivity index (χ1) is 8.00. The molecule has 0 saturated heterocycles. The molecule has 0 atom stereocenters. The monoisotopic (exact) mass is 277 g/mol. The summed E-state index contributed by atoms with van der Waals surface area (Å²) in [5.41, 5.74) is 9.87. The normalized spacial score (nSPS) is 12.6. The van der Waals surface area contributed by atoms with Crippen molar-refractivity contribution in [2.45, 2.75) is 46.2 Å². The lowest BCUT2D eigenvalue weighted by Gasteiger charge is -2.31. The summed E-state index contributed by atoms with van der Waals surface area (Å²) < 4.78 is 0. The molecule has 100 valence electrons. The highest BCUT2D eigenvalue weighted by Crippen LogP contribution is 2.20. The van der Waals surface area contributed by atoms with E-state index in [1.54, 1.807) is 0 Å². The highest BCUT2D eigenvalue weighted by atomic mass is 28.3. The Bertz CT molecular complexity index is 477. The van der Waals surface area contributed by atoms with Crippen molar-refractivity contribution in [2.75, 3.05) is 5.73 Å². The fourth-order valence-electron chi connectivity index (χ4n) is 2.44. The molecule has 3 heteroatoms. The summed E-state index contributed by atoms with van der Waals surface area (Å²) >= 11 is 0. The second-order valence-electron chi connectivity index (χ2n) is 7.13.